The number of hydrogen-bond acceptors (Lipinski definition) is 4. The predicted octanol–water partition coefficient (Wildman–Crippen LogP) is 2.17. The van der Waals surface area contributed by atoms with Crippen LogP contribution >= 0.6 is 0 Å². The third-order valence-electron chi connectivity index (χ3n) is 3.82. The topological polar surface area (TPSA) is 64.7 Å². The summed E-state index contributed by atoms with van der Waals surface area (Å²) in [6, 6.07) is 3.78. The molecule has 0 unspecified atom stereocenters. The lowest BCUT2D eigenvalue weighted by atomic mass is 9.77. The number of aliphatic hydroxyl groups is 1. The molecule has 1 saturated carbocycles. The first-order valence-electron chi connectivity index (χ1n) is 6.30. The van der Waals surface area contributed by atoms with E-state index in [2.05, 4.69) is 9.47 Å². The molecule has 4 nitrogen and oxygen atoms in total. The number of rotatable bonds is 3. The highest BCUT2D eigenvalue weighted by Crippen LogP contribution is 2.46. The van der Waals surface area contributed by atoms with E-state index in [-0.39, 0.29) is 17.4 Å². The zero-order valence-corrected chi connectivity index (χ0v) is 10.2. The molecule has 0 saturated heterocycles. The highest BCUT2D eigenvalue weighted by molar-refractivity contribution is 5.50. The maximum absolute atomic E-state index is 13.1. The molecule has 3 rings (SSSR count). The number of benzene rings is 1. The van der Waals surface area contributed by atoms with Crippen LogP contribution < -0.4 is 15.2 Å². The highest BCUT2D eigenvalue weighted by atomic mass is 19.3. The van der Waals surface area contributed by atoms with Gasteiger partial charge >= 0.3 is 6.29 Å². The second-order valence-corrected chi connectivity index (χ2v) is 5.05. The summed E-state index contributed by atoms with van der Waals surface area (Å²) < 4.78 is 35.0. The molecule has 2 aliphatic rings. The van der Waals surface area contributed by atoms with Crippen LogP contribution in [0.4, 0.5) is 8.78 Å². The third-order valence-corrected chi connectivity index (χ3v) is 3.82. The standard InChI is InChI=1S/C13H15F2NO3/c14-13(15)18-9-6-2-5-8(12(9)19-13)10(16)11(17)7-3-1-4-7/h2,5-7,10-11,17H,1,3-4,16H2/t10-,11+/m0/s1. The van der Waals surface area contributed by atoms with Crippen molar-refractivity contribution in [2.24, 2.45) is 11.7 Å². The maximum Gasteiger partial charge on any atom is 0.586 e. The van der Waals surface area contributed by atoms with Crippen molar-refractivity contribution in [3.63, 3.8) is 0 Å². The van der Waals surface area contributed by atoms with Crippen molar-refractivity contribution >= 4 is 0 Å². The van der Waals surface area contributed by atoms with E-state index in [0.29, 0.717) is 5.56 Å². The predicted molar refractivity (Wildman–Crippen MR) is 62.9 cm³/mol. The molecule has 1 fully saturated rings. The van der Waals surface area contributed by atoms with E-state index in [9.17, 15) is 13.9 Å². The van der Waals surface area contributed by atoms with Crippen molar-refractivity contribution in [2.45, 2.75) is 37.7 Å². The molecule has 1 aliphatic heterocycles. The number of halogens is 2. The molecule has 1 aromatic rings. The van der Waals surface area contributed by atoms with Gasteiger partial charge in [0, 0.05) is 5.56 Å². The van der Waals surface area contributed by atoms with Gasteiger partial charge < -0.3 is 20.3 Å². The van der Waals surface area contributed by atoms with Gasteiger partial charge in [-0.1, -0.05) is 18.6 Å². The van der Waals surface area contributed by atoms with Crippen LogP contribution in [0.5, 0.6) is 11.5 Å². The number of alkyl halides is 2. The Labute approximate surface area is 109 Å². The van der Waals surface area contributed by atoms with Gasteiger partial charge in [0.15, 0.2) is 11.5 Å². The van der Waals surface area contributed by atoms with Crippen molar-refractivity contribution in [1.29, 1.82) is 0 Å². The van der Waals surface area contributed by atoms with E-state index in [0.717, 1.165) is 19.3 Å². The van der Waals surface area contributed by atoms with Gasteiger partial charge in [-0.05, 0) is 24.8 Å². The van der Waals surface area contributed by atoms with Gasteiger partial charge in [-0.2, -0.15) is 0 Å². The molecule has 0 radical (unpaired) electrons. The molecule has 2 atom stereocenters. The van der Waals surface area contributed by atoms with Crippen LogP contribution in [0.25, 0.3) is 0 Å². The minimum Gasteiger partial charge on any atom is -0.395 e. The molecule has 1 heterocycles. The summed E-state index contributed by atoms with van der Waals surface area (Å²) in [6.07, 6.45) is -1.52. The van der Waals surface area contributed by atoms with E-state index < -0.39 is 18.4 Å². The normalized spacial score (nSPS) is 23.8. The van der Waals surface area contributed by atoms with Crippen LogP contribution in [-0.4, -0.2) is 17.5 Å². The average Bonchev–Trinajstić information content (AvgIpc) is 2.59. The van der Waals surface area contributed by atoms with E-state index in [1.165, 1.54) is 6.07 Å². The Morgan fingerprint density at radius 1 is 1.32 bits per heavy atom. The summed E-state index contributed by atoms with van der Waals surface area (Å²) in [7, 11) is 0. The van der Waals surface area contributed by atoms with Gasteiger partial charge in [-0.3, -0.25) is 0 Å². The Balaban J connectivity index is 1.88. The molecular weight excluding hydrogens is 256 g/mol. The summed E-state index contributed by atoms with van der Waals surface area (Å²) >= 11 is 0. The van der Waals surface area contributed by atoms with Crippen LogP contribution in [0.15, 0.2) is 18.2 Å². The van der Waals surface area contributed by atoms with Gasteiger partial charge in [-0.25, -0.2) is 0 Å². The first-order valence-corrected chi connectivity index (χ1v) is 6.30. The van der Waals surface area contributed by atoms with Crippen LogP contribution in [0.3, 0.4) is 0 Å². The molecule has 1 aromatic carbocycles. The van der Waals surface area contributed by atoms with Gasteiger partial charge in [0.05, 0.1) is 12.1 Å². The molecule has 1 aliphatic carbocycles. The fourth-order valence-electron chi connectivity index (χ4n) is 2.51. The van der Waals surface area contributed by atoms with Crippen LogP contribution in [0.2, 0.25) is 0 Å². The largest absolute Gasteiger partial charge is 0.586 e. The average molecular weight is 271 g/mol. The van der Waals surface area contributed by atoms with Crippen molar-refractivity contribution in [1.82, 2.24) is 0 Å². The molecule has 0 bridgehead atoms. The van der Waals surface area contributed by atoms with Crippen molar-refractivity contribution < 1.29 is 23.4 Å². The van der Waals surface area contributed by atoms with E-state index >= 15 is 0 Å². The second-order valence-electron chi connectivity index (χ2n) is 5.05. The van der Waals surface area contributed by atoms with Gasteiger partial charge in [0.25, 0.3) is 0 Å². The summed E-state index contributed by atoms with van der Waals surface area (Å²) in [5.41, 5.74) is 6.34. The number of fused-ring (bicyclic) bond motifs is 1. The number of hydrogen-bond donors (Lipinski definition) is 2. The maximum atomic E-state index is 13.1. The first kappa shape index (κ1) is 12.6. The summed E-state index contributed by atoms with van der Waals surface area (Å²) in [6.45, 7) is 0. The lowest BCUT2D eigenvalue weighted by Crippen LogP contribution is -2.36. The summed E-state index contributed by atoms with van der Waals surface area (Å²) in [5, 5.41) is 10.1. The second kappa shape index (κ2) is 4.31. The minimum absolute atomic E-state index is 0.0428. The molecule has 3 N–H and O–H groups in total. The quantitative estimate of drug-likeness (QED) is 0.884. The Morgan fingerprint density at radius 2 is 2.05 bits per heavy atom. The lowest BCUT2D eigenvalue weighted by molar-refractivity contribution is -0.287. The van der Waals surface area contributed by atoms with E-state index in [1.807, 2.05) is 0 Å². The fourth-order valence-corrected chi connectivity index (χ4v) is 2.51. The zero-order valence-electron chi connectivity index (χ0n) is 10.2. The monoisotopic (exact) mass is 271 g/mol. The molecule has 104 valence electrons. The van der Waals surface area contributed by atoms with E-state index in [1.54, 1.807) is 12.1 Å². The van der Waals surface area contributed by atoms with Crippen molar-refractivity contribution in [3.05, 3.63) is 23.8 Å². The number of aliphatic hydroxyl groups excluding tert-OH is 1. The molecule has 0 spiro atoms. The number of nitrogens with two attached hydrogens (primary N) is 1. The SMILES string of the molecule is N[C@@H](c1cccc2c1OC(F)(F)O2)[C@H](O)C1CCC1. The smallest absolute Gasteiger partial charge is 0.395 e. The molecule has 0 aromatic heterocycles. The Morgan fingerprint density at radius 3 is 2.68 bits per heavy atom. The fraction of sp³-hybridized carbons (Fsp3) is 0.538. The van der Waals surface area contributed by atoms with Gasteiger partial charge in [-0.15, -0.1) is 8.78 Å². The Kier molecular flexibility index (Phi) is 2.87. The highest BCUT2D eigenvalue weighted by Gasteiger charge is 2.45. The molecular formula is C13H15F2NO3. The number of ether oxygens (including phenoxy) is 2. The summed E-state index contributed by atoms with van der Waals surface area (Å²) in [5.74, 6) is 0.0193. The van der Waals surface area contributed by atoms with Gasteiger partial charge in [0.1, 0.15) is 0 Å². The zero-order chi connectivity index (χ0) is 13.6. The Hall–Kier alpha value is -1.40. The minimum atomic E-state index is -3.67. The number of para-hydroxylation sites is 1. The molecule has 0 amide bonds. The van der Waals surface area contributed by atoms with Gasteiger partial charge in [0.2, 0.25) is 0 Å². The summed E-state index contributed by atoms with van der Waals surface area (Å²) in [4.78, 5) is 0. The van der Waals surface area contributed by atoms with Crippen molar-refractivity contribution in [3.8, 4) is 11.5 Å². The lowest BCUT2D eigenvalue weighted by Gasteiger charge is -2.34. The Bertz CT molecular complexity index is 491. The van der Waals surface area contributed by atoms with Crippen molar-refractivity contribution in [2.75, 3.05) is 0 Å². The third kappa shape index (κ3) is 2.15. The first-order chi connectivity index (χ1) is 8.98. The van der Waals surface area contributed by atoms with E-state index in [4.69, 9.17) is 5.73 Å². The molecule has 6 heteroatoms. The van der Waals surface area contributed by atoms with Crippen LogP contribution in [0, 0.1) is 5.92 Å². The molecule has 19 heavy (non-hydrogen) atoms. The van der Waals surface area contributed by atoms with Crippen LogP contribution in [0.1, 0.15) is 30.9 Å². The van der Waals surface area contributed by atoms with Crippen LogP contribution in [-0.2, 0) is 0 Å².